The van der Waals surface area contributed by atoms with Gasteiger partial charge in [-0.05, 0) is 0 Å². The zero-order valence-corrected chi connectivity index (χ0v) is 16.3. The minimum absolute atomic E-state index is 0.631. The van der Waals surface area contributed by atoms with Gasteiger partial charge in [-0.3, -0.25) is 9.80 Å². The summed E-state index contributed by atoms with van der Waals surface area (Å²) < 4.78 is 22.8. The van der Waals surface area contributed by atoms with E-state index in [0.29, 0.717) is 26.4 Å². The van der Waals surface area contributed by atoms with Crippen molar-refractivity contribution in [1.82, 2.24) is 20.4 Å². The second-order valence-corrected chi connectivity index (χ2v) is 6.63. The van der Waals surface area contributed by atoms with Crippen molar-refractivity contribution < 1.29 is 18.9 Å². The molecule has 0 aliphatic carbocycles. The molecule has 0 spiro atoms. The fourth-order valence-electron chi connectivity index (χ4n) is 2.99. The fourth-order valence-corrected chi connectivity index (χ4v) is 2.99. The van der Waals surface area contributed by atoms with Gasteiger partial charge in [-0.2, -0.15) is 0 Å². The smallest absolute Gasteiger partial charge is 0.0701 e. The molecule has 2 unspecified atom stereocenters. The lowest BCUT2D eigenvalue weighted by molar-refractivity contribution is 0.00121. The first-order valence-corrected chi connectivity index (χ1v) is 10.1. The van der Waals surface area contributed by atoms with Crippen LogP contribution >= 0.6 is 0 Å². The third-order valence-corrected chi connectivity index (χ3v) is 4.64. The first-order chi connectivity index (χ1) is 12.9. The average Bonchev–Trinajstić information content (AvgIpc) is 2.65. The zero-order valence-electron chi connectivity index (χ0n) is 16.3. The molecule has 0 aromatic carbocycles. The third kappa shape index (κ3) is 11.4. The Kier molecular flexibility index (Phi) is 13.3. The normalized spacial score (nSPS) is 30.5. The standard InChI is InChI=1S/C18H38N4O4/c1-2-20-4-6-22-8-12-23-11-7-21(5-3-19-1)9-13-24-15-17-26-18-16-25-14-10-22/h19-20H,1-18H2. The average molecular weight is 375 g/mol. The summed E-state index contributed by atoms with van der Waals surface area (Å²) in [5.74, 6) is 0. The van der Waals surface area contributed by atoms with E-state index in [9.17, 15) is 0 Å². The number of nitrogens with one attached hydrogen (secondary N) is 2. The lowest BCUT2D eigenvalue weighted by atomic mass is 10.4. The monoisotopic (exact) mass is 374 g/mol. The lowest BCUT2D eigenvalue weighted by Crippen LogP contribution is -2.39. The highest BCUT2D eigenvalue weighted by Gasteiger charge is 2.08. The minimum atomic E-state index is 0.631. The Hall–Kier alpha value is -0.320. The highest BCUT2D eigenvalue weighted by Crippen LogP contribution is 1.94. The molecule has 2 atom stereocenters. The number of rotatable bonds is 0. The molecule has 2 fully saturated rings. The van der Waals surface area contributed by atoms with Gasteiger partial charge in [0.1, 0.15) is 0 Å². The summed E-state index contributed by atoms with van der Waals surface area (Å²) in [6.07, 6.45) is 0. The molecule has 26 heavy (non-hydrogen) atoms. The van der Waals surface area contributed by atoms with Crippen LogP contribution < -0.4 is 10.6 Å². The predicted molar refractivity (Wildman–Crippen MR) is 102 cm³/mol. The molecule has 2 aliphatic rings. The third-order valence-electron chi connectivity index (χ3n) is 4.64. The Labute approximate surface area is 158 Å². The van der Waals surface area contributed by atoms with Crippen molar-refractivity contribution in [1.29, 1.82) is 0 Å². The number of fused-ring (bicyclic) bond motifs is 6. The molecule has 2 saturated heterocycles. The van der Waals surface area contributed by atoms with E-state index in [0.717, 1.165) is 91.9 Å². The van der Waals surface area contributed by atoms with Crippen LogP contribution in [0.2, 0.25) is 0 Å². The number of hydrogen-bond donors (Lipinski definition) is 2. The molecule has 2 aliphatic heterocycles. The Morgan fingerprint density at radius 1 is 0.385 bits per heavy atom. The van der Waals surface area contributed by atoms with Crippen molar-refractivity contribution in [3.8, 4) is 0 Å². The van der Waals surface area contributed by atoms with Gasteiger partial charge < -0.3 is 29.6 Å². The number of nitrogens with zero attached hydrogens (tertiary/aromatic N) is 2. The van der Waals surface area contributed by atoms with Crippen molar-refractivity contribution in [2.24, 2.45) is 0 Å². The molecule has 0 radical (unpaired) electrons. The summed E-state index contributed by atoms with van der Waals surface area (Å²) in [7, 11) is 0. The van der Waals surface area contributed by atoms with E-state index in [-0.39, 0.29) is 0 Å². The molecular weight excluding hydrogens is 336 g/mol. The predicted octanol–water partition coefficient (Wildman–Crippen LogP) is -1.14. The van der Waals surface area contributed by atoms with Crippen molar-refractivity contribution in [3.05, 3.63) is 0 Å². The summed E-state index contributed by atoms with van der Waals surface area (Å²) in [4.78, 5) is 4.82. The lowest BCUT2D eigenvalue weighted by Gasteiger charge is -2.24. The Bertz CT molecular complexity index is 298. The first-order valence-electron chi connectivity index (χ1n) is 10.1. The van der Waals surface area contributed by atoms with E-state index in [1.807, 2.05) is 0 Å². The largest absolute Gasteiger partial charge is 0.379 e. The second-order valence-electron chi connectivity index (χ2n) is 6.63. The van der Waals surface area contributed by atoms with Gasteiger partial charge in [-0.15, -0.1) is 0 Å². The Morgan fingerprint density at radius 3 is 1.15 bits per heavy atom. The molecule has 0 saturated carbocycles. The molecule has 8 heteroatoms. The van der Waals surface area contributed by atoms with Crippen LogP contribution in [0.25, 0.3) is 0 Å². The van der Waals surface area contributed by atoms with E-state index in [4.69, 9.17) is 18.9 Å². The summed E-state index contributed by atoms with van der Waals surface area (Å²) >= 11 is 0. The van der Waals surface area contributed by atoms with Gasteiger partial charge in [0, 0.05) is 65.4 Å². The van der Waals surface area contributed by atoms with Crippen LogP contribution in [0, 0.1) is 0 Å². The van der Waals surface area contributed by atoms with Crippen molar-refractivity contribution >= 4 is 0 Å². The molecule has 0 aromatic heterocycles. The quantitative estimate of drug-likeness (QED) is 0.516. The molecular formula is C18H38N4O4. The van der Waals surface area contributed by atoms with Crippen molar-refractivity contribution in [2.45, 2.75) is 0 Å². The van der Waals surface area contributed by atoms with Gasteiger partial charge >= 0.3 is 0 Å². The summed E-state index contributed by atoms with van der Waals surface area (Å²) in [6.45, 7) is 15.3. The molecule has 154 valence electrons. The number of ether oxygens (including phenoxy) is 4. The van der Waals surface area contributed by atoms with Crippen LogP contribution in [-0.4, -0.2) is 128 Å². The zero-order chi connectivity index (χ0) is 18.1. The highest BCUT2D eigenvalue weighted by molar-refractivity contribution is 4.64. The molecule has 2 rings (SSSR count). The van der Waals surface area contributed by atoms with Crippen LogP contribution in [-0.2, 0) is 18.9 Å². The number of hydrogen-bond acceptors (Lipinski definition) is 8. The Balaban J connectivity index is 1.85. The van der Waals surface area contributed by atoms with Crippen LogP contribution in [0.1, 0.15) is 0 Å². The maximum Gasteiger partial charge on any atom is 0.0701 e. The van der Waals surface area contributed by atoms with Crippen molar-refractivity contribution in [3.63, 3.8) is 0 Å². The van der Waals surface area contributed by atoms with Crippen LogP contribution in [0.3, 0.4) is 0 Å². The fraction of sp³-hybridized carbons (Fsp3) is 1.00. The van der Waals surface area contributed by atoms with E-state index in [1.165, 1.54) is 0 Å². The summed E-state index contributed by atoms with van der Waals surface area (Å²) in [5.41, 5.74) is 0. The van der Waals surface area contributed by atoms with Gasteiger partial charge in [0.25, 0.3) is 0 Å². The minimum Gasteiger partial charge on any atom is -0.379 e. The SMILES string of the molecule is C1CNCCN2CCOCCOCCOCCN(CCN1)CCOCC2. The van der Waals surface area contributed by atoms with Gasteiger partial charge in [0.05, 0.1) is 52.9 Å². The van der Waals surface area contributed by atoms with Crippen LogP contribution in [0.4, 0.5) is 0 Å². The molecule has 8 nitrogen and oxygen atoms in total. The maximum absolute atomic E-state index is 5.89. The van der Waals surface area contributed by atoms with E-state index < -0.39 is 0 Å². The first kappa shape index (κ1) is 22.0. The topological polar surface area (TPSA) is 67.5 Å². The summed E-state index contributed by atoms with van der Waals surface area (Å²) in [5, 5.41) is 7.02. The van der Waals surface area contributed by atoms with Gasteiger partial charge in [0.2, 0.25) is 0 Å². The van der Waals surface area contributed by atoms with Gasteiger partial charge in [0.15, 0.2) is 0 Å². The van der Waals surface area contributed by atoms with E-state index >= 15 is 0 Å². The second kappa shape index (κ2) is 15.7. The van der Waals surface area contributed by atoms with Crippen LogP contribution in [0.15, 0.2) is 0 Å². The van der Waals surface area contributed by atoms with Crippen molar-refractivity contribution in [2.75, 3.05) is 118 Å². The van der Waals surface area contributed by atoms with Gasteiger partial charge in [-0.1, -0.05) is 0 Å². The molecule has 2 heterocycles. The molecule has 0 aromatic rings. The molecule has 0 amide bonds. The Morgan fingerprint density at radius 2 is 0.731 bits per heavy atom. The van der Waals surface area contributed by atoms with E-state index in [2.05, 4.69) is 20.4 Å². The molecule has 2 bridgehead atoms. The van der Waals surface area contributed by atoms with E-state index in [1.54, 1.807) is 0 Å². The van der Waals surface area contributed by atoms with Gasteiger partial charge in [-0.25, -0.2) is 0 Å². The molecule has 2 N–H and O–H groups in total. The summed E-state index contributed by atoms with van der Waals surface area (Å²) in [6, 6.07) is 0. The highest BCUT2D eigenvalue weighted by atomic mass is 16.5. The van der Waals surface area contributed by atoms with Crippen LogP contribution in [0.5, 0.6) is 0 Å². The maximum atomic E-state index is 5.89.